The first-order valence-electron chi connectivity index (χ1n) is 5.38. The van der Waals surface area contributed by atoms with Gasteiger partial charge < -0.3 is 14.2 Å². The number of carbonyl (C=O) groups is 2. The van der Waals surface area contributed by atoms with Gasteiger partial charge >= 0.3 is 5.97 Å². The molecule has 0 saturated heterocycles. The van der Waals surface area contributed by atoms with Gasteiger partial charge in [-0.3, -0.25) is 4.79 Å². The summed E-state index contributed by atoms with van der Waals surface area (Å²) in [5.41, 5.74) is 0. The summed E-state index contributed by atoms with van der Waals surface area (Å²) in [5.74, 6) is -1.25. The number of hydrogen-bond donors (Lipinski definition) is 0. The van der Waals surface area contributed by atoms with Crippen molar-refractivity contribution in [2.75, 3.05) is 33.5 Å². The summed E-state index contributed by atoms with van der Waals surface area (Å²) >= 11 is 0. The Kier molecular flexibility index (Phi) is 8.75. The quantitative estimate of drug-likeness (QED) is 0.334. The Morgan fingerprint density at radius 1 is 1.25 bits per heavy atom. The van der Waals surface area contributed by atoms with Crippen molar-refractivity contribution in [2.24, 2.45) is 5.92 Å². The largest absolute Gasteiger partial charge is 0.460 e. The predicted molar refractivity (Wildman–Crippen MR) is 58.1 cm³/mol. The van der Waals surface area contributed by atoms with Gasteiger partial charge in [0.25, 0.3) is 0 Å². The van der Waals surface area contributed by atoms with Crippen molar-refractivity contribution in [1.29, 1.82) is 0 Å². The first kappa shape index (κ1) is 15.1. The Morgan fingerprint density at radius 2 is 1.94 bits per heavy atom. The number of methoxy groups -OCH3 is 1. The minimum Gasteiger partial charge on any atom is -0.460 e. The SMILES string of the molecule is CCOC(=O)C(=O)CC(C)COCCOC. The van der Waals surface area contributed by atoms with Crippen LogP contribution in [0.3, 0.4) is 0 Å². The normalized spacial score (nSPS) is 12.2. The molecule has 0 fully saturated rings. The van der Waals surface area contributed by atoms with Gasteiger partial charge in [0.1, 0.15) is 0 Å². The van der Waals surface area contributed by atoms with E-state index in [1.165, 1.54) is 0 Å². The van der Waals surface area contributed by atoms with E-state index in [2.05, 4.69) is 4.74 Å². The number of carbonyl (C=O) groups excluding carboxylic acids is 2. The molecule has 0 bridgehead atoms. The van der Waals surface area contributed by atoms with E-state index in [1.54, 1.807) is 14.0 Å². The molecule has 5 heteroatoms. The highest BCUT2D eigenvalue weighted by Crippen LogP contribution is 2.04. The van der Waals surface area contributed by atoms with Crippen LogP contribution >= 0.6 is 0 Å². The summed E-state index contributed by atoms with van der Waals surface area (Å²) in [6.45, 7) is 5.21. The molecule has 0 aromatic heterocycles. The zero-order chi connectivity index (χ0) is 12.4. The number of hydrogen-bond acceptors (Lipinski definition) is 5. The smallest absolute Gasteiger partial charge is 0.374 e. The summed E-state index contributed by atoms with van der Waals surface area (Å²) in [6, 6.07) is 0. The average molecular weight is 232 g/mol. The van der Waals surface area contributed by atoms with Crippen molar-refractivity contribution in [3.05, 3.63) is 0 Å². The highest BCUT2D eigenvalue weighted by atomic mass is 16.5. The highest BCUT2D eigenvalue weighted by Gasteiger charge is 2.18. The van der Waals surface area contributed by atoms with E-state index in [9.17, 15) is 9.59 Å². The second kappa shape index (κ2) is 9.30. The molecule has 0 aromatic carbocycles. The van der Waals surface area contributed by atoms with Gasteiger partial charge in [-0.15, -0.1) is 0 Å². The zero-order valence-electron chi connectivity index (χ0n) is 10.2. The fourth-order valence-corrected chi connectivity index (χ4v) is 1.10. The van der Waals surface area contributed by atoms with Gasteiger partial charge in [-0.2, -0.15) is 0 Å². The van der Waals surface area contributed by atoms with Crippen LogP contribution < -0.4 is 0 Å². The molecule has 0 aliphatic heterocycles. The molecule has 0 saturated carbocycles. The molecule has 5 nitrogen and oxygen atoms in total. The Balaban J connectivity index is 3.65. The molecule has 0 heterocycles. The molecule has 0 amide bonds. The van der Waals surface area contributed by atoms with Crippen LogP contribution in [0, 0.1) is 5.92 Å². The number of rotatable bonds is 9. The molecule has 0 aliphatic carbocycles. The fourth-order valence-electron chi connectivity index (χ4n) is 1.10. The molecule has 0 aliphatic rings. The van der Waals surface area contributed by atoms with E-state index >= 15 is 0 Å². The van der Waals surface area contributed by atoms with Crippen LogP contribution in [0.2, 0.25) is 0 Å². The highest BCUT2D eigenvalue weighted by molar-refractivity contribution is 6.33. The molecule has 0 aromatic rings. The molecule has 1 atom stereocenters. The van der Waals surface area contributed by atoms with Gasteiger partial charge in [-0.05, 0) is 12.8 Å². The summed E-state index contributed by atoms with van der Waals surface area (Å²) < 4.78 is 14.7. The second-order valence-corrected chi connectivity index (χ2v) is 3.52. The van der Waals surface area contributed by atoms with Gasteiger partial charge in [0.15, 0.2) is 0 Å². The summed E-state index contributed by atoms with van der Waals surface area (Å²) in [7, 11) is 1.59. The van der Waals surface area contributed by atoms with E-state index in [4.69, 9.17) is 9.47 Å². The van der Waals surface area contributed by atoms with Crippen LogP contribution in [-0.4, -0.2) is 45.3 Å². The number of esters is 1. The molecule has 0 rings (SSSR count). The van der Waals surface area contributed by atoms with Crippen LogP contribution in [0.1, 0.15) is 20.3 Å². The predicted octanol–water partition coefficient (Wildman–Crippen LogP) is 0.808. The first-order valence-corrected chi connectivity index (χ1v) is 5.38. The van der Waals surface area contributed by atoms with E-state index < -0.39 is 11.8 Å². The monoisotopic (exact) mass is 232 g/mol. The third kappa shape index (κ3) is 7.36. The van der Waals surface area contributed by atoms with E-state index in [0.29, 0.717) is 19.8 Å². The van der Waals surface area contributed by atoms with Gasteiger partial charge in [-0.25, -0.2) is 4.79 Å². The van der Waals surface area contributed by atoms with Crippen LogP contribution in [0.25, 0.3) is 0 Å². The maximum absolute atomic E-state index is 11.3. The lowest BCUT2D eigenvalue weighted by molar-refractivity contribution is -0.154. The third-order valence-corrected chi connectivity index (χ3v) is 1.87. The standard InChI is InChI=1S/C11H20O5/c1-4-16-11(13)10(12)7-9(2)8-15-6-5-14-3/h9H,4-8H2,1-3H3. The molecule has 16 heavy (non-hydrogen) atoms. The summed E-state index contributed by atoms with van der Waals surface area (Å²) in [4.78, 5) is 22.3. The molecule has 0 N–H and O–H groups in total. The topological polar surface area (TPSA) is 61.8 Å². The number of Topliss-reactive ketones (excluding diaryl/α,β-unsaturated/α-hetero) is 1. The fraction of sp³-hybridized carbons (Fsp3) is 0.818. The molecule has 94 valence electrons. The molecule has 1 unspecified atom stereocenters. The Morgan fingerprint density at radius 3 is 2.50 bits per heavy atom. The maximum Gasteiger partial charge on any atom is 0.374 e. The molecule has 0 radical (unpaired) electrons. The lowest BCUT2D eigenvalue weighted by Gasteiger charge is -2.10. The van der Waals surface area contributed by atoms with Gasteiger partial charge in [-0.1, -0.05) is 6.92 Å². The van der Waals surface area contributed by atoms with Crippen LogP contribution in [0.5, 0.6) is 0 Å². The van der Waals surface area contributed by atoms with E-state index in [0.717, 1.165) is 0 Å². The molecular weight excluding hydrogens is 212 g/mol. The summed E-state index contributed by atoms with van der Waals surface area (Å²) in [6.07, 6.45) is 0.159. The van der Waals surface area contributed by atoms with Gasteiger partial charge in [0.05, 0.1) is 19.8 Å². The van der Waals surface area contributed by atoms with Gasteiger partial charge in [0.2, 0.25) is 5.78 Å². The van der Waals surface area contributed by atoms with E-state index in [-0.39, 0.29) is 18.9 Å². The van der Waals surface area contributed by atoms with Crippen molar-refractivity contribution in [2.45, 2.75) is 20.3 Å². The van der Waals surface area contributed by atoms with Crippen LogP contribution in [0.15, 0.2) is 0 Å². The average Bonchev–Trinajstić information content (AvgIpc) is 2.24. The van der Waals surface area contributed by atoms with Crippen molar-refractivity contribution < 1.29 is 23.8 Å². The minimum absolute atomic E-state index is 0.00811. The van der Waals surface area contributed by atoms with Crippen molar-refractivity contribution in [3.63, 3.8) is 0 Å². The lowest BCUT2D eigenvalue weighted by atomic mass is 10.1. The minimum atomic E-state index is -0.758. The molecule has 0 spiro atoms. The van der Waals surface area contributed by atoms with Crippen LogP contribution in [0.4, 0.5) is 0 Å². The number of ketones is 1. The van der Waals surface area contributed by atoms with E-state index in [1.807, 2.05) is 6.92 Å². The zero-order valence-corrected chi connectivity index (χ0v) is 10.2. The van der Waals surface area contributed by atoms with Crippen molar-refractivity contribution >= 4 is 11.8 Å². The lowest BCUT2D eigenvalue weighted by Crippen LogP contribution is -2.21. The maximum atomic E-state index is 11.3. The van der Waals surface area contributed by atoms with Crippen LogP contribution in [-0.2, 0) is 23.8 Å². The Bertz CT molecular complexity index is 214. The summed E-state index contributed by atoms with van der Waals surface area (Å²) in [5, 5.41) is 0. The Labute approximate surface area is 96.1 Å². The Hall–Kier alpha value is -0.940. The molecular formula is C11H20O5. The first-order chi connectivity index (χ1) is 7.61. The third-order valence-electron chi connectivity index (χ3n) is 1.87. The second-order valence-electron chi connectivity index (χ2n) is 3.52. The van der Waals surface area contributed by atoms with Gasteiger partial charge in [0, 0.05) is 20.1 Å². The number of ether oxygens (including phenoxy) is 3. The van der Waals surface area contributed by atoms with Crippen molar-refractivity contribution in [3.8, 4) is 0 Å². The van der Waals surface area contributed by atoms with Crippen molar-refractivity contribution in [1.82, 2.24) is 0 Å².